The summed E-state index contributed by atoms with van der Waals surface area (Å²) < 4.78 is 6.08. The van der Waals surface area contributed by atoms with Gasteiger partial charge in [0, 0.05) is 18.3 Å². The highest BCUT2D eigenvalue weighted by atomic mass is 16.5. The van der Waals surface area contributed by atoms with Gasteiger partial charge in [-0.3, -0.25) is 4.98 Å². The molecule has 1 aromatic heterocycles. The van der Waals surface area contributed by atoms with Crippen molar-refractivity contribution in [3.8, 4) is 5.75 Å². The zero-order valence-electron chi connectivity index (χ0n) is 12.3. The van der Waals surface area contributed by atoms with Crippen molar-refractivity contribution in [1.82, 2.24) is 10.3 Å². The summed E-state index contributed by atoms with van der Waals surface area (Å²) in [5.41, 5.74) is 2.16. The Kier molecular flexibility index (Phi) is 5.13. The average Bonchev–Trinajstić information content (AvgIpc) is 2.46. The van der Waals surface area contributed by atoms with Crippen LogP contribution in [0.5, 0.6) is 5.75 Å². The number of aromatic nitrogens is 1. The number of pyridine rings is 1. The van der Waals surface area contributed by atoms with Crippen LogP contribution < -0.4 is 10.1 Å². The minimum absolute atomic E-state index is 0.0110. The Morgan fingerprint density at radius 1 is 1.10 bits per heavy atom. The van der Waals surface area contributed by atoms with E-state index >= 15 is 0 Å². The second-order valence-electron chi connectivity index (χ2n) is 5.22. The number of ether oxygens (including phenoxy) is 1. The summed E-state index contributed by atoms with van der Waals surface area (Å²) in [7, 11) is 0. The van der Waals surface area contributed by atoms with E-state index in [1.165, 1.54) is 5.56 Å². The first-order chi connectivity index (χ1) is 9.65. The van der Waals surface area contributed by atoms with Gasteiger partial charge < -0.3 is 10.1 Å². The fourth-order valence-corrected chi connectivity index (χ4v) is 1.93. The van der Waals surface area contributed by atoms with E-state index in [-0.39, 0.29) is 6.10 Å². The summed E-state index contributed by atoms with van der Waals surface area (Å²) in [5.74, 6) is 0.801. The zero-order chi connectivity index (χ0) is 14.4. The predicted octanol–water partition coefficient (Wildman–Crippen LogP) is 3.51. The number of hydrogen-bond donors (Lipinski definition) is 1. The van der Waals surface area contributed by atoms with Crippen molar-refractivity contribution in [2.45, 2.75) is 32.9 Å². The van der Waals surface area contributed by atoms with Crippen LogP contribution in [0.3, 0.4) is 0 Å². The topological polar surface area (TPSA) is 34.1 Å². The molecule has 0 spiro atoms. The van der Waals surface area contributed by atoms with E-state index in [1.54, 1.807) is 6.20 Å². The molecule has 3 nitrogen and oxygen atoms in total. The number of hydrogen-bond acceptors (Lipinski definition) is 3. The number of nitrogens with zero attached hydrogens (tertiary/aromatic N) is 1. The number of benzene rings is 1. The van der Waals surface area contributed by atoms with Crippen LogP contribution in [0.1, 0.15) is 31.2 Å². The van der Waals surface area contributed by atoms with Crippen LogP contribution >= 0.6 is 0 Å². The zero-order valence-corrected chi connectivity index (χ0v) is 12.3. The van der Waals surface area contributed by atoms with Crippen LogP contribution in [-0.4, -0.2) is 17.6 Å². The first-order valence-electron chi connectivity index (χ1n) is 7.03. The quantitative estimate of drug-likeness (QED) is 0.872. The predicted molar refractivity (Wildman–Crippen MR) is 81.9 cm³/mol. The SMILES string of the molecule is Cc1ccc(OC(CNC(C)C)c2ccccc2)cn1. The molecule has 0 bridgehead atoms. The van der Waals surface area contributed by atoms with Crippen molar-refractivity contribution in [2.24, 2.45) is 0 Å². The Hall–Kier alpha value is -1.87. The fraction of sp³-hybridized carbons (Fsp3) is 0.353. The highest BCUT2D eigenvalue weighted by Crippen LogP contribution is 2.21. The maximum absolute atomic E-state index is 6.08. The van der Waals surface area contributed by atoms with Crippen molar-refractivity contribution in [3.05, 3.63) is 59.9 Å². The van der Waals surface area contributed by atoms with Gasteiger partial charge in [0.25, 0.3) is 0 Å². The molecule has 1 heterocycles. The Bertz CT molecular complexity index is 508. The van der Waals surface area contributed by atoms with Gasteiger partial charge in [-0.1, -0.05) is 44.2 Å². The van der Waals surface area contributed by atoms with Gasteiger partial charge in [0.2, 0.25) is 0 Å². The van der Waals surface area contributed by atoms with Gasteiger partial charge in [0.05, 0.1) is 6.20 Å². The number of nitrogens with one attached hydrogen (secondary N) is 1. The van der Waals surface area contributed by atoms with Crippen LogP contribution in [0.15, 0.2) is 48.7 Å². The molecule has 0 saturated heterocycles. The van der Waals surface area contributed by atoms with Crippen molar-refractivity contribution in [1.29, 1.82) is 0 Å². The van der Waals surface area contributed by atoms with Gasteiger partial charge in [-0.25, -0.2) is 0 Å². The van der Waals surface area contributed by atoms with Crippen molar-refractivity contribution in [2.75, 3.05) is 6.54 Å². The highest BCUT2D eigenvalue weighted by Gasteiger charge is 2.13. The van der Waals surface area contributed by atoms with Crippen molar-refractivity contribution >= 4 is 0 Å². The fourth-order valence-electron chi connectivity index (χ4n) is 1.93. The number of rotatable bonds is 6. The normalized spacial score (nSPS) is 12.4. The molecule has 20 heavy (non-hydrogen) atoms. The van der Waals surface area contributed by atoms with Crippen LogP contribution in [0.2, 0.25) is 0 Å². The van der Waals surface area contributed by atoms with Gasteiger partial charge in [-0.05, 0) is 24.6 Å². The highest BCUT2D eigenvalue weighted by molar-refractivity contribution is 5.23. The molecule has 2 aromatic rings. The molecular weight excluding hydrogens is 248 g/mol. The summed E-state index contributed by atoms with van der Waals surface area (Å²) >= 11 is 0. The molecule has 1 atom stereocenters. The lowest BCUT2D eigenvalue weighted by molar-refractivity contribution is 0.197. The molecule has 0 fully saturated rings. The first kappa shape index (κ1) is 14.5. The van der Waals surface area contributed by atoms with Crippen LogP contribution in [0, 0.1) is 6.92 Å². The average molecular weight is 270 g/mol. The van der Waals surface area contributed by atoms with E-state index < -0.39 is 0 Å². The maximum Gasteiger partial charge on any atom is 0.138 e. The van der Waals surface area contributed by atoms with Gasteiger partial charge in [-0.2, -0.15) is 0 Å². The summed E-state index contributed by atoms with van der Waals surface area (Å²) in [6, 6.07) is 14.6. The molecule has 2 rings (SSSR count). The lowest BCUT2D eigenvalue weighted by Crippen LogP contribution is -2.30. The lowest BCUT2D eigenvalue weighted by Gasteiger charge is -2.21. The second-order valence-corrected chi connectivity index (χ2v) is 5.22. The van der Waals surface area contributed by atoms with Gasteiger partial charge in [0.15, 0.2) is 0 Å². The van der Waals surface area contributed by atoms with Gasteiger partial charge in [0.1, 0.15) is 11.9 Å². The third-order valence-electron chi connectivity index (χ3n) is 3.05. The van der Waals surface area contributed by atoms with Crippen molar-refractivity contribution < 1.29 is 4.74 Å². The molecule has 0 aliphatic carbocycles. The van der Waals surface area contributed by atoms with E-state index in [2.05, 4.69) is 36.3 Å². The molecule has 1 unspecified atom stereocenters. The molecule has 0 radical (unpaired) electrons. The summed E-state index contributed by atoms with van der Waals surface area (Å²) in [5, 5.41) is 3.43. The van der Waals surface area contributed by atoms with E-state index in [4.69, 9.17) is 4.74 Å². The maximum atomic E-state index is 6.08. The molecule has 106 valence electrons. The van der Waals surface area contributed by atoms with Gasteiger partial charge >= 0.3 is 0 Å². The standard InChI is InChI=1S/C17H22N2O/c1-13(2)18-12-17(15-7-5-4-6-8-15)20-16-10-9-14(3)19-11-16/h4-11,13,17-18H,12H2,1-3H3. The van der Waals surface area contributed by atoms with E-state index in [9.17, 15) is 0 Å². The third kappa shape index (κ3) is 4.35. The monoisotopic (exact) mass is 270 g/mol. The van der Waals surface area contributed by atoms with Crippen LogP contribution in [-0.2, 0) is 0 Å². The molecule has 0 aliphatic heterocycles. The summed E-state index contributed by atoms with van der Waals surface area (Å²) in [4.78, 5) is 4.28. The molecule has 0 aliphatic rings. The van der Waals surface area contributed by atoms with E-state index in [0.29, 0.717) is 6.04 Å². The molecule has 0 amide bonds. The van der Waals surface area contributed by atoms with Crippen LogP contribution in [0.25, 0.3) is 0 Å². The minimum atomic E-state index is -0.0110. The molecular formula is C17H22N2O. The number of aryl methyl sites for hydroxylation is 1. The van der Waals surface area contributed by atoms with E-state index in [1.807, 2.05) is 37.3 Å². The Morgan fingerprint density at radius 3 is 2.45 bits per heavy atom. The summed E-state index contributed by atoms with van der Waals surface area (Å²) in [6.07, 6.45) is 1.77. The third-order valence-corrected chi connectivity index (χ3v) is 3.05. The Morgan fingerprint density at radius 2 is 1.85 bits per heavy atom. The summed E-state index contributed by atoms with van der Waals surface area (Å²) in [6.45, 7) is 7.01. The molecule has 3 heteroatoms. The van der Waals surface area contributed by atoms with E-state index in [0.717, 1.165) is 18.0 Å². The smallest absolute Gasteiger partial charge is 0.138 e. The lowest BCUT2D eigenvalue weighted by atomic mass is 10.1. The molecule has 0 saturated carbocycles. The first-order valence-corrected chi connectivity index (χ1v) is 7.03. The van der Waals surface area contributed by atoms with Gasteiger partial charge in [-0.15, -0.1) is 0 Å². The Labute approximate surface area is 121 Å². The van der Waals surface area contributed by atoms with Crippen molar-refractivity contribution in [3.63, 3.8) is 0 Å². The minimum Gasteiger partial charge on any atom is -0.483 e. The largest absolute Gasteiger partial charge is 0.483 e. The molecule has 1 N–H and O–H groups in total. The second kappa shape index (κ2) is 7.06. The van der Waals surface area contributed by atoms with Crippen LogP contribution in [0.4, 0.5) is 0 Å². The Balaban J connectivity index is 2.12. The molecule has 1 aromatic carbocycles.